The van der Waals surface area contributed by atoms with E-state index in [1.165, 1.54) is 7.05 Å². The van der Waals surface area contributed by atoms with Crippen molar-refractivity contribution in [3.63, 3.8) is 0 Å². The number of pyridine rings is 1. The topological polar surface area (TPSA) is 73.7 Å². The van der Waals surface area contributed by atoms with Crippen molar-refractivity contribution in [3.05, 3.63) is 42.1 Å². The molecule has 1 atom stereocenters. The van der Waals surface area contributed by atoms with Crippen LogP contribution >= 0.6 is 0 Å². The Bertz CT molecular complexity index is 981. The highest BCUT2D eigenvalue weighted by Gasteiger charge is 2.59. The Hall–Kier alpha value is -2.26. The standard InChI is InChI=1S/C17H17F2N3O3S/c1-21-16-7-11(14-4-2-3-13(10-23)20-14)5-6-15(16)22(26(21,24)25)9-12-8-17(12,18)19/h2-7,12,23H,8-10H2,1H3. The van der Waals surface area contributed by atoms with Crippen molar-refractivity contribution in [2.75, 3.05) is 22.2 Å². The van der Waals surface area contributed by atoms with Crippen LogP contribution in [-0.2, 0) is 16.8 Å². The second-order valence-electron chi connectivity index (χ2n) is 6.54. The summed E-state index contributed by atoms with van der Waals surface area (Å²) >= 11 is 0. The summed E-state index contributed by atoms with van der Waals surface area (Å²) in [7, 11) is -2.47. The fourth-order valence-electron chi connectivity index (χ4n) is 3.13. The van der Waals surface area contributed by atoms with E-state index in [0.717, 1.165) is 8.61 Å². The van der Waals surface area contributed by atoms with E-state index in [4.69, 9.17) is 0 Å². The largest absolute Gasteiger partial charge is 0.390 e. The minimum atomic E-state index is -3.87. The molecule has 2 heterocycles. The predicted octanol–water partition coefficient (Wildman–Crippen LogP) is 2.40. The normalized spacial score (nSPS) is 22.4. The van der Waals surface area contributed by atoms with Gasteiger partial charge in [-0.1, -0.05) is 12.1 Å². The van der Waals surface area contributed by atoms with Crippen LogP contribution in [0.15, 0.2) is 36.4 Å². The molecule has 2 aromatic rings. The third-order valence-corrected chi connectivity index (χ3v) is 6.61. The van der Waals surface area contributed by atoms with Crippen LogP contribution in [0.5, 0.6) is 0 Å². The predicted molar refractivity (Wildman–Crippen MR) is 93.3 cm³/mol. The fraction of sp³-hybridized carbons (Fsp3) is 0.353. The van der Waals surface area contributed by atoms with Crippen LogP contribution in [0.2, 0.25) is 0 Å². The van der Waals surface area contributed by atoms with Crippen molar-refractivity contribution >= 4 is 21.6 Å². The van der Waals surface area contributed by atoms with E-state index in [0.29, 0.717) is 28.3 Å². The number of hydrogen-bond acceptors (Lipinski definition) is 4. The Morgan fingerprint density at radius 3 is 2.65 bits per heavy atom. The van der Waals surface area contributed by atoms with Crippen molar-refractivity contribution in [1.29, 1.82) is 0 Å². The lowest BCUT2D eigenvalue weighted by molar-refractivity contribution is 0.101. The van der Waals surface area contributed by atoms with E-state index in [9.17, 15) is 22.3 Å². The van der Waals surface area contributed by atoms with Gasteiger partial charge in [-0.3, -0.25) is 13.6 Å². The second kappa shape index (κ2) is 5.62. The molecule has 0 bridgehead atoms. The van der Waals surface area contributed by atoms with Gasteiger partial charge in [0.15, 0.2) is 0 Å². The number of nitrogens with zero attached hydrogens (tertiary/aromatic N) is 3. The molecule has 138 valence electrons. The Morgan fingerprint density at radius 1 is 1.27 bits per heavy atom. The Kier molecular flexibility index (Phi) is 3.71. The molecule has 1 aliphatic carbocycles. The summed E-state index contributed by atoms with van der Waals surface area (Å²) in [4.78, 5) is 4.31. The molecule has 1 fully saturated rings. The number of anilines is 2. The van der Waals surface area contributed by atoms with Crippen LogP contribution in [0.25, 0.3) is 11.3 Å². The molecular weight excluding hydrogens is 364 g/mol. The van der Waals surface area contributed by atoms with Crippen molar-refractivity contribution in [3.8, 4) is 11.3 Å². The summed E-state index contributed by atoms with van der Waals surface area (Å²) < 4.78 is 53.9. The van der Waals surface area contributed by atoms with Gasteiger partial charge in [0.2, 0.25) is 0 Å². The molecular formula is C17H17F2N3O3S. The summed E-state index contributed by atoms with van der Waals surface area (Å²) in [6.07, 6.45) is -0.284. The van der Waals surface area contributed by atoms with E-state index in [-0.39, 0.29) is 19.6 Å². The quantitative estimate of drug-likeness (QED) is 0.883. The van der Waals surface area contributed by atoms with Crippen LogP contribution in [0.1, 0.15) is 12.1 Å². The van der Waals surface area contributed by atoms with Gasteiger partial charge >= 0.3 is 10.2 Å². The maximum Gasteiger partial charge on any atom is 0.326 e. The first kappa shape index (κ1) is 17.2. The van der Waals surface area contributed by atoms with Crippen molar-refractivity contribution in [2.45, 2.75) is 19.0 Å². The zero-order chi connectivity index (χ0) is 18.7. The molecule has 1 N–H and O–H groups in total. The molecule has 1 aromatic carbocycles. The van der Waals surface area contributed by atoms with E-state index in [2.05, 4.69) is 4.98 Å². The molecule has 4 rings (SSSR count). The summed E-state index contributed by atoms with van der Waals surface area (Å²) in [5.41, 5.74) is 2.58. The number of benzene rings is 1. The first-order chi connectivity index (χ1) is 12.2. The first-order valence-corrected chi connectivity index (χ1v) is 9.49. The Morgan fingerprint density at radius 2 is 2.00 bits per heavy atom. The molecule has 1 saturated carbocycles. The van der Waals surface area contributed by atoms with Gasteiger partial charge in [0.25, 0.3) is 5.92 Å². The molecule has 26 heavy (non-hydrogen) atoms. The lowest BCUT2D eigenvalue weighted by Crippen LogP contribution is -2.37. The smallest absolute Gasteiger partial charge is 0.326 e. The van der Waals surface area contributed by atoms with Gasteiger partial charge in [-0.25, -0.2) is 8.78 Å². The van der Waals surface area contributed by atoms with Gasteiger partial charge in [-0.05, 0) is 24.3 Å². The van der Waals surface area contributed by atoms with Crippen molar-refractivity contribution in [2.24, 2.45) is 5.92 Å². The molecule has 0 saturated heterocycles. The first-order valence-electron chi connectivity index (χ1n) is 8.09. The van der Waals surface area contributed by atoms with Crippen LogP contribution in [0.4, 0.5) is 20.2 Å². The van der Waals surface area contributed by atoms with Gasteiger partial charge in [0.05, 0.1) is 29.4 Å². The van der Waals surface area contributed by atoms with Gasteiger partial charge in [0.1, 0.15) is 0 Å². The summed E-state index contributed by atoms with van der Waals surface area (Å²) in [6, 6.07) is 10.2. The van der Waals surface area contributed by atoms with E-state index >= 15 is 0 Å². The third-order valence-electron chi connectivity index (χ3n) is 4.81. The maximum atomic E-state index is 13.3. The highest BCUT2D eigenvalue weighted by molar-refractivity contribution is 7.94. The van der Waals surface area contributed by atoms with Crippen molar-refractivity contribution < 1.29 is 22.3 Å². The lowest BCUT2D eigenvalue weighted by atomic mass is 10.1. The van der Waals surface area contributed by atoms with Crippen LogP contribution < -0.4 is 8.61 Å². The van der Waals surface area contributed by atoms with E-state index in [1.54, 1.807) is 36.4 Å². The number of aliphatic hydroxyl groups is 1. The Balaban J connectivity index is 1.73. The van der Waals surface area contributed by atoms with Gasteiger partial charge in [-0.2, -0.15) is 8.42 Å². The molecule has 0 amide bonds. The minimum absolute atomic E-state index is 0.198. The average molecular weight is 381 g/mol. The number of rotatable bonds is 4. The van der Waals surface area contributed by atoms with Gasteiger partial charge in [-0.15, -0.1) is 0 Å². The Labute approximate surface area is 149 Å². The lowest BCUT2D eigenvalue weighted by Gasteiger charge is -2.18. The molecule has 0 spiro atoms. The zero-order valence-electron chi connectivity index (χ0n) is 13.9. The molecule has 1 aromatic heterocycles. The number of hydrogen-bond donors (Lipinski definition) is 1. The SMILES string of the molecule is CN1c2cc(-c3cccc(CO)n3)ccc2N(CC2CC2(F)F)S1(=O)=O. The number of alkyl halides is 2. The summed E-state index contributed by atoms with van der Waals surface area (Å²) in [6.45, 7) is -0.430. The minimum Gasteiger partial charge on any atom is -0.390 e. The molecule has 9 heteroatoms. The maximum absolute atomic E-state index is 13.3. The van der Waals surface area contributed by atoms with Crippen molar-refractivity contribution in [1.82, 2.24) is 4.98 Å². The monoisotopic (exact) mass is 381 g/mol. The van der Waals surface area contributed by atoms with Crippen LogP contribution in [0.3, 0.4) is 0 Å². The van der Waals surface area contributed by atoms with Gasteiger partial charge in [0, 0.05) is 31.5 Å². The summed E-state index contributed by atoms with van der Waals surface area (Å²) in [5, 5.41) is 9.22. The van der Waals surface area contributed by atoms with Crippen LogP contribution in [0, 0.1) is 5.92 Å². The number of halogens is 2. The molecule has 0 radical (unpaired) electrons. The third kappa shape index (κ3) is 2.62. The number of aromatic nitrogens is 1. The molecule has 6 nitrogen and oxygen atoms in total. The molecule has 1 aliphatic heterocycles. The number of fused-ring (bicyclic) bond motifs is 1. The number of aliphatic hydroxyl groups excluding tert-OH is 1. The van der Waals surface area contributed by atoms with E-state index < -0.39 is 22.0 Å². The molecule has 2 aliphatic rings. The van der Waals surface area contributed by atoms with Gasteiger partial charge < -0.3 is 5.11 Å². The van der Waals surface area contributed by atoms with Crippen LogP contribution in [-0.4, -0.2) is 38.0 Å². The fourth-order valence-corrected chi connectivity index (χ4v) is 4.59. The van der Waals surface area contributed by atoms with E-state index in [1.807, 2.05) is 0 Å². The average Bonchev–Trinajstić information content (AvgIpc) is 3.19. The zero-order valence-corrected chi connectivity index (χ0v) is 14.7. The highest BCUT2D eigenvalue weighted by atomic mass is 32.2. The highest BCUT2D eigenvalue weighted by Crippen LogP contribution is 2.51. The second-order valence-corrected chi connectivity index (χ2v) is 8.43. The molecule has 1 unspecified atom stereocenters. The summed E-state index contributed by atoms with van der Waals surface area (Å²) in [5.74, 6) is -3.73.